The third-order valence-electron chi connectivity index (χ3n) is 5.18. The molecule has 3 amide bonds. The number of hydrogen-bond acceptors (Lipinski definition) is 4. The summed E-state index contributed by atoms with van der Waals surface area (Å²) in [6, 6.07) is 10.6. The molecule has 0 aliphatic carbocycles. The Labute approximate surface area is 168 Å². The first-order valence-corrected chi connectivity index (χ1v) is 9.46. The summed E-state index contributed by atoms with van der Waals surface area (Å²) in [6.07, 6.45) is 0.510. The lowest BCUT2D eigenvalue weighted by atomic mass is 10.1. The SMILES string of the molecule is CCC(C)N(C(=O)c1ccc(F)cc1)C1CC(=O)N(c2ccc(OC)cc2)C1=O. The molecule has 29 heavy (non-hydrogen) atoms. The number of carbonyl (C=O) groups is 3. The molecule has 0 aromatic heterocycles. The van der Waals surface area contributed by atoms with Crippen LogP contribution in [0.2, 0.25) is 0 Å². The van der Waals surface area contributed by atoms with Crippen LogP contribution in [-0.4, -0.2) is 41.8 Å². The number of benzene rings is 2. The van der Waals surface area contributed by atoms with E-state index in [-0.39, 0.29) is 23.9 Å². The highest BCUT2D eigenvalue weighted by Gasteiger charge is 2.45. The van der Waals surface area contributed by atoms with Crippen molar-refractivity contribution in [2.24, 2.45) is 0 Å². The van der Waals surface area contributed by atoms with Gasteiger partial charge in [-0.2, -0.15) is 0 Å². The third-order valence-corrected chi connectivity index (χ3v) is 5.18. The number of hydrogen-bond donors (Lipinski definition) is 0. The van der Waals surface area contributed by atoms with Gasteiger partial charge in [0, 0.05) is 11.6 Å². The maximum atomic E-state index is 13.2. The van der Waals surface area contributed by atoms with E-state index in [2.05, 4.69) is 0 Å². The summed E-state index contributed by atoms with van der Waals surface area (Å²) in [5.41, 5.74) is 0.705. The zero-order valence-corrected chi connectivity index (χ0v) is 16.6. The lowest BCUT2D eigenvalue weighted by Gasteiger charge is -2.33. The molecule has 0 saturated carbocycles. The predicted octanol–water partition coefficient (Wildman–Crippen LogP) is 3.41. The van der Waals surface area contributed by atoms with Gasteiger partial charge in [-0.25, -0.2) is 9.29 Å². The van der Waals surface area contributed by atoms with Crippen molar-refractivity contribution in [1.29, 1.82) is 0 Å². The fraction of sp³-hybridized carbons (Fsp3) is 0.318. The first-order chi connectivity index (χ1) is 13.9. The van der Waals surface area contributed by atoms with Gasteiger partial charge in [0.25, 0.3) is 11.8 Å². The van der Waals surface area contributed by atoms with Crippen LogP contribution < -0.4 is 9.64 Å². The summed E-state index contributed by atoms with van der Waals surface area (Å²) in [6.45, 7) is 3.73. The summed E-state index contributed by atoms with van der Waals surface area (Å²) in [7, 11) is 1.53. The van der Waals surface area contributed by atoms with E-state index in [1.807, 2.05) is 13.8 Å². The highest BCUT2D eigenvalue weighted by atomic mass is 19.1. The second kappa shape index (κ2) is 8.43. The molecule has 1 aliphatic rings. The van der Waals surface area contributed by atoms with Gasteiger partial charge in [-0.3, -0.25) is 14.4 Å². The van der Waals surface area contributed by atoms with E-state index in [4.69, 9.17) is 4.74 Å². The summed E-state index contributed by atoms with van der Waals surface area (Å²) in [4.78, 5) is 41.5. The molecule has 2 atom stereocenters. The fourth-order valence-corrected chi connectivity index (χ4v) is 3.42. The molecule has 2 aromatic rings. The summed E-state index contributed by atoms with van der Waals surface area (Å²) >= 11 is 0. The Morgan fingerprint density at radius 1 is 1.17 bits per heavy atom. The van der Waals surface area contributed by atoms with E-state index >= 15 is 0 Å². The molecule has 1 heterocycles. The second-order valence-corrected chi connectivity index (χ2v) is 6.96. The molecular weight excluding hydrogens is 375 g/mol. The molecule has 2 aromatic carbocycles. The molecule has 1 saturated heterocycles. The van der Waals surface area contributed by atoms with E-state index in [0.29, 0.717) is 17.9 Å². The molecule has 6 nitrogen and oxygen atoms in total. The predicted molar refractivity (Wildman–Crippen MR) is 106 cm³/mol. The van der Waals surface area contributed by atoms with Crippen molar-refractivity contribution in [3.63, 3.8) is 0 Å². The maximum Gasteiger partial charge on any atom is 0.257 e. The average molecular weight is 398 g/mol. The first-order valence-electron chi connectivity index (χ1n) is 9.46. The Balaban J connectivity index is 1.92. The molecule has 2 unspecified atom stereocenters. The fourth-order valence-electron chi connectivity index (χ4n) is 3.42. The van der Waals surface area contributed by atoms with E-state index < -0.39 is 23.7 Å². The van der Waals surface area contributed by atoms with Gasteiger partial charge in [0.2, 0.25) is 5.91 Å². The van der Waals surface area contributed by atoms with Crippen LogP contribution in [0.3, 0.4) is 0 Å². The van der Waals surface area contributed by atoms with Gasteiger partial charge < -0.3 is 9.64 Å². The van der Waals surface area contributed by atoms with Crippen LogP contribution in [-0.2, 0) is 9.59 Å². The molecule has 7 heteroatoms. The van der Waals surface area contributed by atoms with Crippen LogP contribution in [0.15, 0.2) is 48.5 Å². The lowest BCUT2D eigenvalue weighted by molar-refractivity contribution is -0.122. The molecule has 0 spiro atoms. The number of amides is 3. The highest BCUT2D eigenvalue weighted by molar-refractivity contribution is 6.23. The van der Waals surface area contributed by atoms with Crippen molar-refractivity contribution in [3.05, 3.63) is 59.9 Å². The smallest absolute Gasteiger partial charge is 0.257 e. The standard InChI is InChI=1S/C22H23FN2O4/c1-4-14(2)24(21(27)15-5-7-16(23)8-6-15)19-13-20(26)25(22(19)28)17-9-11-18(29-3)12-10-17/h5-12,14,19H,4,13H2,1-3H3. The van der Waals surface area contributed by atoms with Crippen molar-refractivity contribution in [1.82, 2.24) is 4.90 Å². The van der Waals surface area contributed by atoms with Crippen LogP contribution in [0.4, 0.5) is 10.1 Å². The molecular formula is C22H23FN2O4. The monoisotopic (exact) mass is 398 g/mol. The molecule has 0 bridgehead atoms. The minimum atomic E-state index is -0.905. The zero-order chi connectivity index (χ0) is 21.1. The Morgan fingerprint density at radius 3 is 2.34 bits per heavy atom. The van der Waals surface area contributed by atoms with Gasteiger partial charge >= 0.3 is 0 Å². The Morgan fingerprint density at radius 2 is 1.79 bits per heavy atom. The first kappa shape index (κ1) is 20.5. The Hall–Kier alpha value is -3.22. The van der Waals surface area contributed by atoms with Crippen LogP contribution >= 0.6 is 0 Å². The van der Waals surface area contributed by atoms with Crippen molar-refractivity contribution in [2.45, 2.75) is 38.8 Å². The Kier molecular flexibility index (Phi) is 5.96. The van der Waals surface area contributed by atoms with E-state index in [1.54, 1.807) is 24.3 Å². The van der Waals surface area contributed by atoms with Crippen LogP contribution in [0.5, 0.6) is 5.75 Å². The topological polar surface area (TPSA) is 66.9 Å². The zero-order valence-electron chi connectivity index (χ0n) is 16.6. The lowest BCUT2D eigenvalue weighted by Crippen LogP contribution is -2.49. The Bertz CT molecular complexity index is 911. The van der Waals surface area contributed by atoms with Gasteiger partial charge in [0.15, 0.2) is 0 Å². The number of anilines is 1. The minimum Gasteiger partial charge on any atom is -0.497 e. The highest BCUT2D eigenvalue weighted by Crippen LogP contribution is 2.29. The normalized spacial score (nSPS) is 17.4. The van der Waals surface area contributed by atoms with Crippen molar-refractivity contribution in [2.75, 3.05) is 12.0 Å². The maximum absolute atomic E-state index is 13.2. The van der Waals surface area contributed by atoms with Gasteiger partial charge in [-0.1, -0.05) is 6.92 Å². The number of nitrogens with zero attached hydrogens (tertiary/aromatic N) is 2. The molecule has 1 fully saturated rings. The molecule has 1 aliphatic heterocycles. The van der Waals surface area contributed by atoms with Gasteiger partial charge in [-0.15, -0.1) is 0 Å². The largest absolute Gasteiger partial charge is 0.497 e. The van der Waals surface area contributed by atoms with E-state index in [0.717, 1.165) is 4.90 Å². The third kappa shape index (κ3) is 3.99. The summed E-state index contributed by atoms with van der Waals surface area (Å²) in [5.74, 6) is -1.06. The molecule has 3 rings (SSSR count). The van der Waals surface area contributed by atoms with E-state index in [1.165, 1.54) is 36.3 Å². The number of carbonyl (C=O) groups excluding carboxylic acids is 3. The van der Waals surface area contributed by atoms with Gasteiger partial charge in [0.1, 0.15) is 17.6 Å². The average Bonchev–Trinajstić information content (AvgIpc) is 3.02. The quantitative estimate of drug-likeness (QED) is 0.700. The summed E-state index contributed by atoms with van der Waals surface area (Å²) < 4.78 is 18.4. The number of ether oxygens (including phenoxy) is 1. The second-order valence-electron chi connectivity index (χ2n) is 6.96. The number of halogens is 1. The van der Waals surface area contributed by atoms with Crippen molar-refractivity contribution in [3.8, 4) is 5.75 Å². The van der Waals surface area contributed by atoms with Gasteiger partial charge in [0.05, 0.1) is 19.2 Å². The van der Waals surface area contributed by atoms with Crippen LogP contribution in [0.25, 0.3) is 0 Å². The van der Waals surface area contributed by atoms with Crippen molar-refractivity contribution < 1.29 is 23.5 Å². The van der Waals surface area contributed by atoms with Gasteiger partial charge in [-0.05, 0) is 61.9 Å². The minimum absolute atomic E-state index is 0.0951. The van der Waals surface area contributed by atoms with Crippen LogP contribution in [0, 0.1) is 5.82 Å². The molecule has 0 N–H and O–H groups in total. The molecule has 0 radical (unpaired) electrons. The van der Waals surface area contributed by atoms with Crippen LogP contribution in [0.1, 0.15) is 37.0 Å². The summed E-state index contributed by atoms with van der Waals surface area (Å²) in [5, 5.41) is 0. The molecule has 152 valence electrons. The number of methoxy groups -OCH3 is 1. The number of rotatable bonds is 6. The number of imide groups is 1. The van der Waals surface area contributed by atoms with E-state index in [9.17, 15) is 18.8 Å². The van der Waals surface area contributed by atoms with Crippen molar-refractivity contribution >= 4 is 23.4 Å².